The summed E-state index contributed by atoms with van der Waals surface area (Å²) in [5, 5.41) is 2.84. The van der Waals surface area contributed by atoms with Gasteiger partial charge in [-0.1, -0.05) is 30.3 Å². The molecule has 0 saturated carbocycles. The van der Waals surface area contributed by atoms with E-state index in [1.165, 1.54) is 16.7 Å². The molecule has 1 N–H and O–H groups in total. The molecule has 5 rings (SSSR count). The standard InChI is InChI=1S/C35H34F9N3O5S/c1-22(48)45-31(2)14-17-46(18-15-31)30(49)47-19-16-32(21-47,53(50,51)26-12-10-25(36)11-13-26)23-6-8-24(9-7-23)33(34(39,40)41,35(42,43)44)52-20-27-28(37)4-3-5-29(27)38/h3-13H,14-21H2,1-2H3,(H,45,48)/t32-/m0/s1. The molecule has 0 aromatic heterocycles. The summed E-state index contributed by atoms with van der Waals surface area (Å²) in [6, 6.07) is 7.38. The Morgan fingerprint density at radius 1 is 0.792 bits per heavy atom. The van der Waals surface area contributed by atoms with Crippen LogP contribution in [0.5, 0.6) is 0 Å². The number of carbonyl (C=O) groups is 2. The molecule has 3 amide bonds. The van der Waals surface area contributed by atoms with Crippen molar-refractivity contribution < 1.29 is 62.3 Å². The molecule has 0 spiro atoms. The molecule has 288 valence electrons. The fourth-order valence-electron chi connectivity index (χ4n) is 6.93. The third kappa shape index (κ3) is 7.31. The van der Waals surface area contributed by atoms with E-state index < -0.39 is 90.7 Å². The van der Waals surface area contributed by atoms with E-state index in [-0.39, 0.29) is 37.5 Å². The zero-order valence-corrected chi connectivity index (χ0v) is 29.1. The average Bonchev–Trinajstić information content (AvgIpc) is 3.52. The van der Waals surface area contributed by atoms with Crippen LogP contribution < -0.4 is 5.32 Å². The smallest absolute Gasteiger partial charge is 0.351 e. The second-order valence-electron chi connectivity index (χ2n) is 13.4. The molecule has 2 heterocycles. The van der Waals surface area contributed by atoms with Crippen molar-refractivity contribution >= 4 is 21.8 Å². The summed E-state index contributed by atoms with van der Waals surface area (Å²) in [5.41, 5.74) is -8.74. The molecule has 2 fully saturated rings. The molecule has 0 unspecified atom stereocenters. The number of benzene rings is 3. The molecule has 0 bridgehead atoms. The maximum Gasteiger partial charge on any atom is 0.430 e. The number of carbonyl (C=O) groups excluding carboxylic acids is 2. The molecule has 2 aliphatic rings. The van der Waals surface area contributed by atoms with E-state index in [4.69, 9.17) is 0 Å². The fraction of sp³-hybridized carbons (Fsp3) is 0.429. The van der Waals surface area contributed by atoms with Gasteiger partial charge < -0.3 is 19.9 Å². The maximum atomic E-state index is 14.6. The minimum atomic E-state index is -6.24. The highest BCUT2D eigenvalue weighted by Crippen LogP contribution is 2.54. The van der Waals surface area contributed by atoms with Crippen LogP contribution in [-0.4, -0.2) is 74.2 Å². The number of piperidine rings is 1. The second-order valence-corrected chi connectivity index (χ2v) is 15.6. The average molecular weight is 780 g/mol. The molecule has 8 nitrogen and oxygen atoms in total. The zero-order chi connectivity index (χ0) is 39.2. The molecule has 2 saturated heterocycles. The van der Waals surface area contributed by atoms with Gasteiger partial charge in [-0.25, -0.2) is 26.4 Å². The van der Waals surface area contributed by atoms with E-state index in [2.05, 4.69) is 10.1 Å². The van der Waals surface area contributed by atoms with Crippen molar-refractivity contribution in [1.82, 2.24) is 15.1 Å². The zero-order valence-electron chi connectivity index (χ0n) is 28.3. The molecule has 0 aliphatic carbocycles. The summed E-state index contributed by atoms with van der Waals surface area (Å²) in [4.78, 5) is 27.6. The van der Waals surface area contributed by atoms with Gasteiger partial charge in [0.15, 0.2) is 9.84 Å². The number of halogens is 9. The van der Waals surface area contributed by atoms with E-state index in [9.17, 15) is 57.5 Å². The Kier molecular flexibility index (Phi) is 10.6. The van der Waals surface area contributed by atoms with Crippen molar-refractivity contribution in [3.63, 3.8) is 0 Å². The summed E-state index contributed by atoms with van der Waals surface area (Å²) >= 11 is 0. The fourth-order valence-corrected chi connectivity index (χ4v) is 9.01. The predicted octanol–water partition coefficient (Wildman–Crippen LogP) is 7.13. The Hall–Kier alpha value is -4.32. The van der Waals surface area contributed by atoms with Crippen LogP contribution in [0, 0.1) is 17.5 Å². The van der Waals surface area contributed by atoms with E-state index in [1.807, 2.05) is 6.92 Å². The number of nitrogens with one attached hydrogen (secondary N) is 1. The lowest BCUT2D eigenvalue weighted by atomic mass is 9.88. The molecular formula is C35H34F9N3O5S. The van der Waals surface area contributed by atoms with Crippen LogP contribution in [0.1, 0.15) is 49.8 Å². The normalized spacial score (nSPS) is 19.7. The lowest BCUT2D eigenvalue weighted by Crippen LogP contribution is -2.56. The minimum absolute atomic E-state index is 0.187. The van der Waals surface area contributed by atoms with Gasteiger partial charge in [-0.2, -0.15) is 26.3 Å². The molecule has 2 aliphatic heterocycles. The number of rotatable bonds is 8. The van der Waals surface area contributed by atoms with Crippen molar-refractivity contribution in [2.24, 2.45) is 0 Å². The van der Waals surface area contributed by atoms with E-state index in [0.29, 0.717) is 37.1 Å². The number of hydrogen-bond donors (Lipinski definition) is 1. The van der Waals surface area contributed by atoms with Crippen LogP contribution in [0.4, 0.5) is 44.3 Å². The number of ether oxygens (including phenoxy) is 1. The Balaban J connectivity index is 1.54. The number of alkyl halides is 6. The number of amides is 3. The third-order valence-corrected chi connectivity index (χ3v) is 12.4. The number of nitrogens with zero attached hydrogens (tertiary/aromatic N) is 2. The van der Waals surface area contributed by atoms with Gasteiger partial charge in [-0.05, 0) is 68.1 Å². The summed E-state index contributed by atoms with van der Waals surface area (Å²) < 4.78 is 161. The second kappa shape index (κ2) is 14.2. The molecule has 3 aromatic carbocycles. The highest BCUT2D eigenvalue weighted by Gasteiger charge is 2.73. The van der Waals surface area contributed by atoms with E-state index >= 15 is 0 Å². The first-order chi connectivity index (χ1) is 24.6. The van der Waals surface area contributed by atoms with Crippen molar-refractivity contribution in [1.29, 1.82) is 0 Å². The van der Waals surface area contributed by atoms with Gasteiger partial charge >= 0.3 is 18.4 Å². The molecular weight excluding hydrogens is 745 g/mol. The lowest BCUT2D eigenvalue weighted by molar-refractivity contribution is -0.392. The minimum Gasteiger partial charge on any atom is -0.351 e. The van der Waals surface area contributed by atoms with E-state index in [0.717, 1.165) is 42.5 Å². The number of hydrogen-bond acceptors (Lipinski definition) is 5. The van der Waals surface area contributed by atoms with Crippen LogP contribution in [0.2, 0.25) is 0 Å². The van der Waals surface area contributed by atoms with Crippen LogP contribution in [0.25, 0.3) is 0 Å². The number of sulfone groups is 1. The molecule has 0 radical (unpaired) electrons. The number of urea groups is 1. The van der Waals surface area contributed by atoms with Gasteiger partial charge in [0.2, 0.25) is 5.91 Å². The van der Waals surface area contributed by atoms with Gasteiger partial charge in [0.1, 0.15) is 22.2 Å². The van der Waals surface area contributed by atoms with Crippen molar-refractivity contribution in [2.75, 3.05) is 26.2 Å². The van der Waals surface area contributed by atoms with Gasteiger partial charge in [0, 0.05) is 49.8 Å². The lowest BCUT2D eigenvalue weighted by Gasteiger charge is -2.41. The summed E-state index contributed by atoms with van der Waals surface area (Å²) in [7, 11) is -4.65. The maximum absolute atomic E-state index is 14.6. The van der Waals surface area contributed by atoms with Crippen LogP contribution in [-0.2, 0) is 36.3 Å². The van der Waals surface area contributed by atoms with Crippen molar-refractivity contribution in [2.45, 2.75) is 72.9 Å². The topological polar surface area (TPSA) is 96.0 Å². The van der Waals surface area contributed by atoms with Gasteiger partial charge in [0.05, 0.1) is 11.5 Å². The molecule has 1 atom stereocenters. The first-order valence-corrected chi connectivity index (χ1v) is 17.7. The molecule has 18 heteroatoms. The first-order valence-electron chi connectivity index (χ1n) is 16.2. The van der Waals surface area contributed by atoms with Crippen molar-refractivity contribution in [3.05, 3.63) is 101 Å². The van der Waals surface area contributed by atoms with E-state index in [1.54, 1.807) is 0 Å². The quantitative estimate of drug-likeness (QED) is 0.194. The summed E-state index contributed by atoms with van der Waals surface area (Å²) in [5.74, 6) is -3.94. The van der Waals surface area contributed by atoms with Crippen LogP contribution >= 0.6 is 0 Å². The molecule has 3 aromatic rings. The highest BCUT2D eigenvalue weighted by atomic mass is 32.2. The molecule has 53 heavy (non-hydrogen) atoms. The van der Waals surface area contributed by atoms with Gasteiger partial charge in [-0.15, -0.1) is 0 Å². The first kappa shape index (κ1) is 39.9. The van der Waals surface area contributed by atoms with Crippen LogP contribution in [0.3, 0.4) is 0 Å². The third-order valence-electron chi connectivity index (χ3n) is 9.87. The van der Waals surface area contributed by atoms with Gasteiger partial charge in [-0.3, -0.25) is 4.79 Å². The summed E-state index contributed by atoms with van der Waals surface area (Å²) in [6.45, 7) is 1.00. The Bertz CT molecular complexity index is 1910. The SMILES string of the molecule is CC(=O)NC1(C)CCN(C(=O)N2CC[C@](c3ccc(C(OCc4c(F)cccc4F)(C(F)(F)F)C(F)(F)F)cc3)(S(=O)(=O)c3ccc(F)cc3)C2)CC1. The predicted molar refractivity (Wildman–Crippen MR) is 171 cm³/mol. The Labute approximate surface area is 298 Å². The van der Waals surface area contributed by atoms with Crippen molar-refractivity contribution in [3.8, 4) is 0 Å². The summed E-state index contributed by atoms with van der Waals surface area (Å²) in [6.07, 6.45) is -12.1. The van der Waals surface area contributed by atoms with Crippen LogP contribution in [0.15, 0.2) is 71.6 Å². The number of likely N-dealkylation sites (tertiary alicyclic amines) is 2. The monoisotopic (exact) mass is 779 g/mol. The Morgan fingerprint density at radius 2 is 1.32 bits per heavy atom. The largest absolute Gasteiger partial charge is 0.430 e. The van der Waals surface area contributed by atoms with Gasteiger partial charge in [0.25, 0.3) is 5.60 Å². The highest BCUT2D eigenvalue weighted by molar-refractivity contribution is 7.92. The Morgan fingerprint density at radius 3 is 1.83 bits per heavy atom.